The van der Waals surface area contributed by atoms with Crippen LogP contribution in [-0.4, -0.2) is 20.4 Å². The van der Waals surface area contributed by atoms with Crippen molar-refractivity contribution in [3.63, 3.8) is 0 Å². The summed E-state index contributed by atoms with van der Waals surface area (Å²) < 4.78 is 5.93. The van der Waals surface area contributed by atoms with Gasteiger partial charge >= 0.3 is 0 Å². The van der Waals surface area contributed by atoms with Gasteiger partial charge in [-0.2, -0.15) is 5.10 Å². The maximum atomic E-state index is 9.99. The van der Waals surface area contributed by atoms with Gasteiger partial charge in [-0.05, 0) is 43.2 Å². The zero-order chi connectivity index (χ0) is 15.7. The van der Waals surface area contributed by atoms with Crippen LogP contribution in [0.15, 0.2) is 42.6 Å². The molecule has 1 heterocycles. The number of phenols is 2. The summed E-state index contributed by atoms with van der Waals surface area (Å²) in [5, 5.41) is 26.2. The summed E-state index contributed by atoms with van der Waals surface area (Å²) in [7, 11) is 0. The van der Waals surface area contributed by atoms with E-state index in [-0.39, 0.29) is 11.5 Å². The van der Waals surface area contributed by atoms with Gasteiger partial charge in [-0.1, -0.05) is 12.1 Å². The average molecular weight is 296 g/mol. The molecule has 1 aromatic heterocycles. The number of aromatic amines is 1. The van der Waals surface area contributed by atoms with Crippen molar-refractivity contribution >= 4 is 0 Å². The molecular weight excluding hydrogens is 280 g/mol. The summed E-state index contributed by atoms with van der Waals surface area (Å²) in [6, 6.07) is 10.2. The van der Waals surface area contributed by atoms with Crippen LogP contribution in [0.5, 0.6) is 23.0 Å². The molecule has 0 aliphatic heterocycles. The molecule has 0 bridgehead atoms. The molecular formula is C17H16N2O3. The van der Waals surface area contributed by atoms with E-state index in [0.717, 1.165) is 16.9 Å². The maximum Gasteiger partial charge on any atom is 0.173 e. The summed E-state index contributed by atoms with van der Waals surface area (Å²) in [6.07, 6.45) is 1.56. The lowest BCUT2D eigenvalue weighted by Gasteiger charge is -2.11. The predicted octanol–water partition coefficient (Wildman–Crippen LogP) is 3.90. The Bertz CT molecular complexity index is 825. The molecule has 0 aliphatic carbocycles. The second-order valence-corrected chi connectivity index (χ2v) is 5.11. The smallest absolute Gasteiger partial charge is 0.173 e. The first kappa shape index (κ1) is 14.0. The van der Waals surface area contributed by atoms with Crippen molar-refractivity contribution in [1.82, 2.24) is 10.2 Å². The van der Waals surface area contributed by atoms with Crippen molar-refractivity contribution in [2.45, 2.75) is 13.8 Å². The molecule has 0 amide bonds. The monoisotopic (exact) mass is 296 g/mol. The van der Waals surface area contributed by atoms with Gasteiger partial charge in [0.25, 0.3) is 0 Å². The van der Waals surface area contributed by atoms with Crippen molar-refractivity contribution < 1.29 is 14.9 Å². The van der Waals surface area contributed by atoms with Gasteiger partial charge in [0.15, 0.2) is 5.75 Å². The quantitative estimate of drug-likeness (QED) is 0.685. The highest BCUT2D eigenvalue weighted by Gasteiger charge is 2.15. The highest BCUT2D eigenvalue weighted by Crippen LogP contribution is 2.38. The topological polar surface area (TPSA) is 78.4 Å². The van der Waals surface area contributed by atoms with Gasteiger partial charge in [-0.3, -0.25) is 5.10 Å². The Morgan fingerprint density at radius 3 is 2.64 bits per heavy atom. The number of aromatic hydroxyl groups is 2. The Balaban J connectivity index is 2.01. The molecule has 5 nitrogen and oxygen atoms in total. The summed E-state index contributed by atoms with van der Waals surface area (Å²) in [5.74, 6) is 1.20. The van der Waals surface area contributed by atoms with E-state index in [1.807, 2.05) is 32.0 Å². The molecule has 0 spiro atoms. The molecule has 0 saturated carbocycles. The van der Waals surface area contributed by atoms with Crippen LogP contribution in [0.25, 0.3) is 11.3 Å². The Morgan fingerprint density at radius 1 is 1.05 bits per heavy atom. The van der Waals surface area contributed by atoms with Crippen LogP contribution in [0, 0.1) is 13.8 Å². The molecule has 3 aromatic rings. The van der Waals surface area contributed by atoms with Crippen molar-refractivity contribution in [2.24, 2.45) is 0 Å². The highest BCUT2D eigenvalue weighted by molar-refractivity contribution is 5.73. The second kappa shape index (κ2) is 5.44. The molecule has 0 radical (unpaired) electrons. The molecule has 0 aliphatic rings. The summed E-state index contributed by atoms with van der Waals surface area (Å²) >= 11 is 0. The lowest BCUT2D eigenvalue weighted by molar-refractivity contribution is 0.450. The largest absolute Gasteiger partial charge is 0.508 e. The molecule has 2 aromatic carbocycles. The van der Waals surface area contributed by atoms with E-state index in [1.54, 1.807) is 12.3 Å². The fourth-order valence-electron chi connectivity index (χ4n) is 2.23. The van der Waals surface area contributed by atoms with Crippen LogP contribution in [-0.2, 0) is 0 Å². The first-order chi connectivity index (χ1) is 10.6. The van der Waals surface area contributed by atoms with Gasteiger partial charge in [0.2, 0.25) is 0 Å². The molecule has 0 saturated heterocycles. The predicted molar refractivity (Wildman–Crippen MR) is 83.3 cm³/mol. The molecule has 3 rings (SSSR count). The van der Waals surface area contributed by atoms with E-state index in [0.29, 0.717) is 17.0 Å². The van der Waals surface area contributed by atoms with Gasteiger partial charge in [0.1, 0.15) is 22.9 Å². The van der Waals surface area contributed by atoms with Crippen molar-refractivity contribution in [3.05, 3.63) is 53.7 Å². The molecule has 0 atom stereocenters. The van der Waals surface area contributed by atoms with Crippen molar-refractivity contribution in [3.8, 4) is 34.3 Å². The van der Waals surface area contributed by atoms with Crippen LogP contribution < -0.4 is 4.74 Å². The summed E-state index contributed by atoms with van der Waals surface area (Å²) in [6.45, 7) is 4.01. The van der Waals surface area contributed by atoms with E-state index < -0.39 is 0 Å². The van der Waals surface area contributed by atoms with Gasteiger partial charge in [0.05, 0.1) is 6.20 Å². The third kappa shape index (κ3) is 2.48. The number of aryl methyl sites for hydroxylation is 1. The molecule has 0 fully saturated rings. The second-order valence-electron chi connectivity index (χ2n) is 5.11. The number of ether oxygens (including phenoxy) is 1. The number of hydrogen-bond donors (Lipinski definition) is 3. The van der Waals surface area contributed by atoms with Crippen molar-refractivity contribution in [1.29, 1.82) is 0 Å². The van der Waals surface area contributed by atoms with E-state index in [1.165, 1.54) is 12.1 Å². The van der Waals surface area contributed by atoms with E-state index in [2.05, 4.69) is 10.2 Å². The zero-order valence-electron chi connectivity index (χ0n) is 12.3. The Morgan fingerprint density at radius 2 is 1.86 bits per heavy atom. The lowest BCUT2D eigenvalue weighted by Crippen LogP contribution is -1.91. The van der Waals surface area contributed by atoms with Crippen molar-refractivity contribution in [2.75, 3.05) is 0 Å². The minimum Gasteiger partial charge on any atom is -0.508 e. The van der Waals surface area contributed by atoms with E-state index in [4.69, 9.17) is 4.74 Å². The molecule has 3 N–H and O–H groups in total. The highest BCUT2D eigenvalue weighted by atomic mass is 16.5. The van der Waals surface area contributed by atoms with Crippen LogP contribution in [0.1, 0.15) is 11.1 Å². The first-order valence-corrected chi connectivity index (χ1v) is 6.86. The molecule has 5 heteroatoms. The van der Waals surface area contributed by atoms with Crippen LogP contribution in [0.2, 0.25) is 0 Å². The number of aromatic nitrogens is 2. The van der Waals surface area contributed by atoms with Gasteiger partial charge in [-0.25, -0.2) is 0 Å². The number of nitrogens with zero attached hydrogens (tertiary/aromatic N) is 1. The number of nitrogens with one attached hydrogen (secondary N) is 1. The lowest BCUT2D eigenvalue weighted by atomic mass is 10.1. The third-order valence-corrected chi connectivity index (χ3v) is 3.63. The number of benzene rings is 2. The van der Waals surface area contributed by atoms with Gasteiger partial charge < -0.3 is 14.9 Å². The number of rotatable bonds is 3. The minimum atomic E-state index is -0.0462. The Labute approximate surface area is 127 Å². The minimum absolute atomic E-state index is 0.00207. The number of phenolic OH excluding ortho intramolecular Hbond substituents is 2. The van der Waals surface area contributed by atoms with E-state index >= 15 is 0 Å². The normalized spacial score (nSPS) is 10.6. The fourth-order valence-corrected chi connectivity index (χ4v) is 2.23. The Kier molecular flexibility index (Phi) is 3.47. The molecule has 0 unspecified atom stereocenters. The van der Waals surface area contributed by atoms with Crippen LogP contribution in [0.3, 0.4) is 0 Å². The van der Waals surface area contributed by atoms with E-state index in [9.17, 15) is 10.2 Å². The first-order valence-electron chi connectivity index (χ1n) is 6.86. The van der Waals surface area contributed by atoms with Crippen LogP contribution >= 0.6 is 0 Å². The Hall–Kier alpha value is -2.95. The summed E-state index contributed by atoms with van der Waals surface area (Å²) in [5.41, 5.74) is 3.24. The SMILES string of the molecule is Cc1cccc(Oc2cn[nH]c2-c2ccc(O)cc2O)c1C. The zero-order valence-corrected chi connectivity index (χ0v) is 12.3. The third-order valence-electron chi connectivity index (χ3n) is 3.63. The van der Waals surface area contributed by atoms with Crippen LogP contribution in [0.4, 0.5) is 0 Å². The van der Waals surface area contributed by atoms with Gasteiger partial charge in [0, 0.05) is 11.6 Å². The number of H-pyrrole nitrogens is 1. The molecule has 22 heavy (non-hydrogen) atoms. The number of hydrogen-bond acceptors (Lipinski definition) is 4. The maximum absolute atomic E-state index is 9.99. The van der Waals surface area contributed by atoms with Gasteiger partial charge in [-0.15, -0.1) is 0 Å². The summed E-state index contributed by atoms with van der Waals surface area (Å²) in [4.78, 5) is 0. The average Bonchev–Trinajstić information content (AvgIpc) is 2.92. The fraction of sp³-hybridized carbons (Fsp3) is 0.118. The standard InChI is InChI=1S/C17H16N2O3/c1-10-4-3-5-15(11(10)2)22-16-9-18-19-17(16)13-7-6-12(20)8-14(13)21/h3-9,20-21H,1-2H3,(H,18,19). The molecule has 112 valence electrons.